The van der Waals surface area contributed by atoms with Gasteiger partial charge in [-0.3, -0.25) is 9.36 Å². The Morgan fingerprint density at radius 1 is 1.12 bits per heavy atom. The first-order chi connectivity index (χ1) is 11.7. The molecule has 0 unspecified atom stereocenters. The van der Waals surface area contributed by atoms with E-state index in [2.05, 4.69) is 38.4 Å². The van der Waals surface area contributed by atoms with E-state index in [1.165, 1.54) is 0 Å². The average molecular weight is 380 g/mol. The molecule has 0 saturated heterocycles. The number of nitrogens with one attached hydrogen (secondary N) is 1. The van der Waals surface area contributed by atoms with Gasteiger partial charge in [0.25, 0.3) is 5.91 Å². The van der Waals surface area contributed by atoms with Gasteiger partial charge < -0.3 is 5.32 Å². The average Bonchev–Trinajstić information content (AvgIpc) is 3.24. The summed E-state index contributed by atoms with van der Waals surface area (Å²) in [5.74, 6) is 0.332. The van der Waals surface area contributed by atoms with E-state index in [1.807, 2.05) is 47.2 Å². The third-order valence-corrected chi connectivity index (χ3v) is 5.31. The first-order valence-corrected chi connectivity index (χ1v) is 8.73. The summed E-state index contributed by atoms with van der Waals surface area (Å²) < 4.78 is 2.91. The number of halogens is 1. The van der Waals surface area contributed by atoms with E-state index in [4.69, 9.17) is 0 Å². The zero-order valence-electron chi connectivity index (χ0n) is 12.8. The van der Waals surface area contributed by atoms with Crippen molar-refractivity contribution in [3.63, 3.8) is 0 Å². The van der Waals surface area contributed by atoms with Crippen molar-refractivity contribution >= 4 is 21.8 Å². The lowest BCUT2D eigenvalue weighted by molar-refractivity contribution is 0.0922. The van der Waals surface area contributed by atoms with Gasteiger partial charge in [0.1, 0.15) is 0 Å². The van der Waals surface area contributed by atoms with Crippen molar-refractivity contribution in [1.29, 1.82) is 0 Å². The second kappa shape index (κ2) is 4.80. The lowest BCUT2D eigenvalue weighted by Gasteiger charge is -2.17. The molecule has 0 bridgehead atoms. The number of fused-ring (bicyclic) bond motifs is 4. The van der Waals surface area contributed by atoms with Crippen LogP contribution in [0.3, 0.4) is 0 Å². The molecule has 0 radical (unpaired) electrons. The fourth-order valence-electron chi connectivity index (χ4n) is 3.44. The summed E-state index contributed by atoms with van der Waals surface area (Å²) in [7, 11) is 0. The van der Waals surface area contributed by atoms with Crippen LogP contribution < -0.4 is 5.32 Å². The minimum atomic E-state index is -0.222. The standard InChI is InChI=1S/C19H14BrN3O/c20-13-6-7-14-16(10-13)23-11-15(12-4-2-1-3-5-12)21-17(23)18(24)22-19(14)8-9-19/h1-7,10-11H,8-9H2,(H,22,24). The van der Waals surface area contributed by atoms with Crippen molar-refractivity contribution in [3.8, 4) is 16.9 Å². The number of nitrogens with zero attached hydrogens (tertiary/aromatic N) is 2. The SMILES string of the molecule is O=C1NC2(CC2)c2ccc(Br)cc2-n2cc(-c3ccccc3)nc21. The van der Waals surface area contributed by atoms with Crippen molar-refractivity contribution in [2.75, 3.05) is 0 Å². The van der Waals surface area contributed by atoms with Crippen LogP contribution in [-0.4, -0.2) is 15.5 Å². The largest absolute Gasteiger partial charge is 0.340 e. The van der Waals surface area contributed by atoms with Gasteiger partial charge in [-0.15, -0.1) is 0 Å². The van der Waals surface area contributed by atoms with Crippen LogP contribution in [-0.2, 0) is 5.54 Å². The normalized spacial score (nSPS) is 17.0. The minimum absolute atomic E-state index is 0.109. The van der Waals surface area contributed by atoms with Crippen LogP contribution in [0.5, 0.6) is 0 Å². The first-order valence-electron chi connectivity index (χ1n) is 7.94. The molecule has 1 saturated carbocycles. The number of amides is 1. The molecule has 2 heterocycles. The number of aromatic nitrogens is 2. The van der Waals surface area contributed by atoms with E-state index in [1.54, 1.807) is 0 Å². The van der Waals surface area contributed by atoms with Crippen molar-refractivity contribution in [2.45, 2.75) is 18.4 Å². The van der Waals surface area contributed by atoms with E-state index >= 15 is 0 Å². The van der Waals surface area contributed by atoms with Crippen LogP contribution in [0.1, 0.15) is 29.0 Å². The lowest BCUT2D eigenvalue weighted by Crippen LogP contribution is -2.34. The second-order valence-corrected chi connectivity index (χ2v) is 7.30. The topological polar surface area (TPSA) is 46.9 Å². The highest BCUT2D eigenvalue weighted by atomic mass is 79.9. The number of carbonyl (C=O) groups excluding carboxylic acids is 1. The molecule has 0 atom stereocenters. The predicted octanol–water partition coefficient (Wildman–Crippen LogP) is 4.03. The fraction of sp³-hybridized carbons (Fsp3) is 0.158. The Balaban J connectivity index is 1.76. The third-order valence-electron chi connectivity index (χ3n) is 4.82. The zero-order chi connectivity index (χ0) is 16.3. The van der Waals surface area contributed by atoms with Crippen molar-refractivity contribution < 1.29 is 4.79 Å². The summed E-state index contributed by atoms with van der Waals surface area (Å²) in [5.41, 5.74) is 3.77. The molecule has 1 N–H and O–H groups in total. The molecule has 1 aromatic heterocycles. The highest BCUT2D eigenvalue weighted by Gasteiger charge is 2.49. The van der Waals surface area contributed by atoms with Gasteiger partial charge in [0.2, 0.25) is 5.82 Å². The van der Waals surface area contributed by atoms with Crippen LogP contribution in [0.25, 0.3) is 16.9 Å². The van der Waals surface area contributed by atoms with E-state index in [0.717, 1.165) is 39.8 Å². The molecule has 1 amide bonds. The quantitative estimate of drug-likeness (QED) is 0.693. The van der Waals surface area contributed by atoms with Crippen molar-refractivity contribution in [2.24, 2.45) is 0 Å². The molecule has 3 aromatic rings. The molecule has 4 nitrogen and oxygen atoms in total. The van der Waals surface area contributed by atoms with Crippen LogP contribution in [0.15, 0.2) is 59.2 Å². The summed E-state index contributed by atoms with van der Waals surface area (Å²) in [6, 6.07) is 16.1. The maximum atomic E-state index is 12.8. The number of imidazole rings is 1. The Bertz CT molecular complexity index is 974. The number of hydrogen-bond acceptors (Lipinski definition) is 2. The Morgan fingerprint density at radius 2 is 1.92 bits per heavy atom. The monoisotopic (exact) mass is 379 g/mol. The van der Waals surface area contributed by atoms with E-state index < -0.39 is 0 Å². The number of carbonyl (C=O) groups is 1. The summed E-state index contributed by atoms with van der Waals surface area (Å²) >= 11 is 3.55. The van der Waals surface area contributed by atoms with Gasteiger partial charge in [-0.05, 0) is 25.0 Å². The Labute approximate surface area is 147 Å². The van der Waals surface area contributed by atoms with E-state index in [9.17, 15) is 4.79 Å². The smallest absolute Gasteiger partial charge is 0.288 e. The number of rotatable bonds is 1. The number of benzene rings is 2. The highest BCUT2D eigenvalue weighted by molar-refractivity contribution is 9.10. The van der Waals surface area contributed by atoms with E-state index in [-0.39, 0.29) is 11.4 Å². The van der Waals surface area contributed by atoms with Crippen molar-refractivity contribution in [1.82, 2.24) is 14.9 Å². The highest BCUT2D eigenvalue weighted by Crippen LogP contribution is 2.49. The molecule has 1 aliphatic heterocycles. The van der Waals surface area contributed by atoms with Crippen LogP contribution in [0, 0.1) is 0 Å². The lowest BCUT2D eigenvalue weighted by atomic mass is 10.0. The summed E-state index contributed by atoms with van der Waals surface area (Å²) in [5, 5.41) is 3.19. The fourth-order valence-corrected chi connectivity index (χ4v) is 3.79. The third kappa shape index (κ3) is 1.97. The minimum Gasteiger partial charge on any atom is -0.340 e. The second-order valence-electron chi connectivity index (χ2n) is 6.38. The molecule has 2 aliphatic rings. The Kier molecular flexibility index (Phi) is 2.80. The van der Waals surface area contributed by atoms with Gasteiger partial charge in [-0.1, -0.05) is 52.3 Å². The Morgan fingerprint density at radius 3 is 2.67 bits per heavy atom. The molecule has 2 aromatic carbocycles. The molecule has 5 heteroatoms. The van der Waals surface area contributed by atoms with Gasteiger partial charge >= 0.3 is 0 Å². The van der Waals surface area contributed by atoms with Gasteiger partial charge in [-0.2, -0.15) is 0 Å². The van der Waals surface area contributed by atoms with Crippen molar-refractivity contribution in [3.05, 3.63) is 70.6 Å². The molecule has 24 heavy (non-hydrogen) atoms. The molecule has 1 spiro atoms. The summed E-state index contributed by atoms with van der Waals surface area (Å²) in [4.78, 5) is 17.4. The maximum absolute atomic E-state index is 12.8. The van der Waals surface area contributed by atoms with E-state index in [0.29, 0.717) is 5.82 Å². The first kappa shape index (κ1) is 14.0. The molecule has 1 fully saturated rings. The van der Waals surface area contributed by atoms with Gasteiger partial charge in [0.15, 0.2) is 0 Å². The molecular weight excluding hydrogens is 366 g/mol. The summed E-state index contributed by atoms with van der Waals surface area (Å²) in [6.45, 7) is 0. The maximum Gasteiger partial charge on any atom is 0.288 e. The summed E-state index contributed by atoms with van der Waals surface area (Å²) in [6.07, 6.45) is 3.91. The van der Waals surface area contributed by atoms with Crippen LogP contribution in [0.4, 0.5) is 0 Å². The number of hydrogen-bond donors (Lipinski definition) is 1. The van der Waals surface area contributed by atoms with Crippen LogP contribution in [0.2, 0.25) is 0 Å². The van der Waals surface area contributed by atoms with Gasteiger partial charge in [-0.25, -0.2) is 4.98 Å². The molecule has 118 valence electrons. The predicted molar refractivity (Wildman–Crippen MR) is 95.1 cm³/mol. The van der Waals surface area contributed by atoms with Crippen LogP contribution >= 0.6 is 15.9 Å². The molecule has 5 rings (SSSR count). The molecular formula is C19H14BrN3O. The van der Waals surface area contributed by atoms with Gasteiger partial charge in [0.05, 0.1) is 16.9 Å². The molecule has 1 aliphatic carbocycles. The zero-order valence-corrected chi connectivity index (χ0v) is 14.4. The Hall–Kier alpha value is -2.40. The van der Waals surface area contributed by atoms with Gasteiger partial charge in [0, 0.05) is 21.8 Å².